The lowest BCUT2D eigenvalue weighted by Gasteiger charge is -2.31. The van der Waals surface area contributed by atoms with Gasteiger partial charge in [-0.2, -0.15) is 0 Å². The van der Waals surface area contributed by atoms with E-state index in [1.807, 2.05) is 56.3 Å². The predicted molar refractivity (Wildman–Crippen MR) is 95.6 cm³/mol. The summed E-state index contributed by atoms with van der Waals surface area (Å²) in [5, 5.41) is 2.94. The summed E-state index contributed by atoms with van der Waals surface area (Å²) < 4.78 is 0. The van der Waals surface area contributed by atoms with Crippen molar-refractivity contribution in [2.24, 2.45) is 5.92 Å². The van der Waals surface area contributed by atoms with Gasteiger partial charge in [0.05, 0.1) is 12.2 Å². The summed E-state index contributed by atoms with van der Waals surface area (Å²) in [6.45, 7) is 4.90. The van der Waals surface area contributed by atoms with Gasteiger partial charge in [-0.05, 0) is 29.7 Å². The molecule has 2 heterocycles. The average molecular weight is 337 g/mol. The molecule has 0 spiro atoms. The number of pyridine rings is 1. The van der Waals surface area contributed by atoms with Crippen LogP contribution in [-0.4, -0.2) is 27.7 Å². The number of nitrogens with one attached hydrogen (secondary N) is 1. The molecular formula is C20H23N3O2. The van der Waals surface area contributed by atoms with E-state index in [2.05, 4.69) is 10.3 Å². The van der Waals surface area contributed by atoms with Crippen LogP contribution in [0.2, 0.25) is 0 Å². The number of aromatic nitrogens is 1. The van der Waals surface area contributed by atoms with E-state index in [4.69, 9.17) is 0 Å². The Bertz CT molecular complexity index is 761. The second kappa shape index (κ2) is 7.47. The first-order valence-electron chi connectivity index (χ1n) is 8.68. The van der Waals surface area contributed by atoms with Crippen LogP contribution in [0.25, 0.3) is 0 Å². The van der Waals surface area contributed by atoms with Crippen LogP contribution in [0.3, 0.4) is 0 Å². The molecule has 0 radical (unpaired) electrons. The van der Waals surface area contributed by atoms with Crippen molar-refractivity contribution in [3.63, 3.8) is 0 Å². The molecule has 5 nitrogen and oxygen atoms in total. The minimum absolute atomic E-state index is 0.0612. The van der Waals surface area contributed by atoms with E-state index < -0.39 is 6.04 Å². The number of benzene rings is 1. The first kappa shape index (κ1) is 17.1. The first-order valence-corrected chi connectivity index (χ1v) is 8.68. The van der Waals surface area contributed by atoms with Crippen LogP contribution >= 0.6 is 0 Å². The molecule has 3 rings (SSSR count). The largest absolute Gasteiger partial charge is 0.349 e. The third-order valence-corrected chi connectivity index (χ3v) is 4.81. The van der Waals surface area contributed by atoms with E-state index in [1.54, 1.807) is 11.1 Å². The van der Waals surface area contributed by atoms with Gasteiger partial charge < -0.3 is 10.2 Å². The molecular weight excluding hydrogens is 314 g/mol. The second-order valence-corrected chi connectivity index (χ2v) is 6.46. The summed E-state index contributed by atoms with van der Waals surface area (Å²) in [6, 6.07) is 12.7. The lowest BCUT2D eigenvalue weighted by atomic mass is 9.96. The summed E-state index contributed by atoms with van der Waals surface area (Å²) >= 11 is 0. The fourth-order valence-electron chi connectivity index (χ4n) is 3.22. The molecule has 1 aliphatic rings. The van der Waals surface area contributed by atoms with Crippen LogP contribution in [-0.2, 0) is 17.9 Å². The van der Waals surface area contributed by atoms with Crippen LogP contribution in [0.5, 0.6) is 0 Å². The smallest absolute Gasteiger partial charge is 0.255 e. The van der Waals surface area contributed by atoms with Gasteiger partial charge >= 0.3 is 0 Å². The maximum absolute atomic E-state index is 12.9. The van der Waals surface area contributed by atoms with Crippen molar-refractivity contribution >= 4 is 11.8 Å². The molecule has 0 aliphatic carbocycles. The Balaban J connectivity index is 1.76. The fraction of sp³-hybridized carbons (Fsp3) is 0.350. The number of nitrogens with zero attached hydrogens (tertiary/aromatic N) is 2. The second-order valence-electron chi connectivity index (χ2n) is 6.46. The minimum atomic E-state index is -0.478. The first-order chi connectivity index (χ1) is 12.1. The van der Waals surface area contributed by atoms with E-state index in [0.717, 1.165) is 17.7 Å². The zero-order valence-electron chi connectivity index (χ0n) is 14.6. The zero-order valence-corrected chi connectivity index (χ0v) is 14.6. The van der Waals surface area contributed by atoms with E-state index in [0.29, 0.717) is 18.7 Å². The molecule has 2 amide bonds. The lowest BCUT2D eigenvalue weighted by molar-refractivity contribution is -0.127. The lowest BCUT2D eigenvalue weighted by Crippen LogP contribution is -2.50. The Kier molecular flexibility index (Phi) is 5.12. The van der Waals surface area contributed by atoms with Crippen molar-refractivity contribution in [1.82, 2.24) is 15.2 Å². The molecule has 0 bridgehead atoms. The van der Waals surface area contributed by atoms with Crippen molar-refractivity contribution in [2.75, 3.05) is 0 Å². The topological polar surface area (TPSA) is 62.3 Å². The summed E-state index contributed by atoms with van der Waals surface area (Å²) in [5.41, 5.74) is 2.49. The highest BCUT2D eigenvalue weighted by Gasteiger charge is 2.38. The Labute approximate surface area is 148 Å². The van der Waals surface area contributed by atoms with Crippen LogP contribution in [0.4, 0.5) is 0 Å². The standard InChI is InChI=1S/C20H23N3O2/c1-3-14(2)18(19(24)22-12-16-9-6-7-11-21-16)23-13-15-8-4-5-10-17(15)20(23)25/h4-11,14,18H,3,12-13H2,1-2H3,(H,22,24)/t14-,18-/m0/s1. The van der Waals surface area contributed by atoms with E-state index in [-0.39, 0.29) is 17.7 Å². The third kappa shape index (κ3) is 3.55. The molecule has 5 heteroatoms. The highest BCUT2D eigenvalue weighted by Crippen LogP contribution is 2.28. The molecule has 0 unspecified atom stereocenters. The van der Waals surface area contributed by atoms with Gasteiger partial charge in [0.2, 0.25) is 5.91 Å². The number of carbonyl (C=O) groups is 2. The van der Waals surface area contributed by atoms with E-state index in [1.165, 1.54) is 0 Å². The maximum atomic E-state index is 12.9. The van der Waals surface area contributed by atoms with Crippen LogP contribution in [0, 0.1) is 5.92 Å². The van der Waals surface area contributed by atoms with Gasteiger partial charge in [-0.15, -0.1) is 0 Å². The van der Waals surface area contributed by atoms with E-state index in [9.17, 15) is 9.59 Å². The summed E-state index contributed by atoms with van der Waals surface area (Å²) in [4.78, 5) is 31.6. The molecule has 1 aromatic carbocycles. The van der Waals surface area contributed by atoms with Crippen LogP contribution in [0.15, 0.2) is 48.7 Å². The molecule has 2 atom stereocenters. The normalized spacial score (nSPS) is 15.6. The Morgan fingerprint density at radius 1 is 1.24 bits per heavy atom. The predicted octanol–water partition coefficient (Wildman–Crippen LogP) is 2.77. The van der Waals surface area contributed by atoms with Crippen LogP contribution in [0.1, 0.15) is 41.9 Å². The molecule has 0 fully saturated rings. The molecule has 0 saturated carbocycles. The van der Waals surface area contributed by atoms with Crippen molar-refractivity contribution in [3.05, 3.63) is 65.5 Å². The Morgan fingerprint density at radius 2 is 2.00 bits per heavy atom. The number of amides is 2. The van der Waals surface area contributed by atoms with Crippen LogP contribution < -0.4 is 5.32 Å². The van der Waals surface area contributed by atoms with Gasteiger partial charge in [0.15, 0.2) is 0 Å². The van der Waals surface area contributed by atoms with Crippen molar-refractivity contribution in [1.29, 1.82) is 0 Å². The molecule has 1 N–H and O–H groups in total. The summed E-state index contributed by atoms with van der Waals surface area (Å²) in [7, 11) is 0. The van der Waals surface area contributed by atoms with Gasteiger partial charge in [-0.1, -0.05) is 44.5 Å². The van der Waals surface area contributed by atoms with Gasteiger partial charge in [0, 0.05) is 18.3 Å². The molecule has 25 heavy (non-hydrogen) atoms. The number of fused-ring (bicyclic) bond motifs is 1. The zero-order chi connectivity index (χ0) is 17.8. The Hall–Kier alpha value is -2.69. The quantitative estimate of drug-likeness (QED) is 0.882. The average Bonchev–Trinajstić information content (AvgIpc) is 2.97. The van der Waals surface area contributed by atoms with E-state index >= 15 is 0 Å². The number of carbonyl (C=O) groups excluding carboxylic acids is 2. The highest BCUT2D eigenvalue weighted by atomic mass is 16.2. The van der Waals surface area contributed by atoms with Crippen molar-refractivity contribution in [3.8, 4) is 0 Å². The highest BCUT2D eigenvalue weighted by molar-refractivity contribution is 6.01. The maximum Gasteiger partial charge on any atom is 0.255 e. The molecule has 2 aromatic rings. The number of hydrogen-bond donors (Lipinski definition) is 1. The molecule has 1 aromatic heterocycles. The van der Waals surface area contributed by atoms with Gasteiger partial charge in [-0.25, -0.2) is 0 Å². The van der Waals surface area contributed by atoms with Crippen molar-refractivity contribution < 1.29 is 9.59 Å². The molecule has 0 saturated heterocycles. The minimum Gasteiger partial charge on any atom is -0.349 e. The molecule has 1 aliphatic heterocycles. The fourth-order valence-corrected chi connectivity index (χ4v) is 3.22. The number of rotatable bonds is 6. The van der Waals surface area contributed by atoms with Gasteiger partial charge in [0.25, 0.3) is 5.91 Å². The third-order valence-electron chi connectivity index (χ3n) is 4.81. The number of hydrogen-bond acceptors (Lipinski definition) is 3. The molecule has 130 valence electrons. The summed E-state index contributed by atoms with van der Waals surface area (Å²) in [6.07, 6.45) is 2.52. The van der Waals surface area contributed by atoms with Crippen molar-refractivity contribution in [2.45, 2.75) is 39.4 Å². The van der Waals surface area contributed by atoms with Gasteiger partial charge in [-0.3, -0.25) is 14.6 Å². The summed E-state index contributed by atoms with van der Waals surface area (Å²) in [5.74, 6) is -0.114. The monoisotopic (exact) mass is 337 g/mol. The Morgan fingerprint density at radius 3 is 2.68 bits per heavy atom. The van der Waals surface area contributed by atoms with Gasteiger partial charge in [0.1, 0.15) is 6.04 Å². The SMILES string of the molecule is CC[C@H](C)[C@@H](C(=O)NCc1ccccn1)N1Cc2ccccc2C1=O.